The van der Waals surface area contributed by atoms with E-state index in [9.17, 15) is 14.4 Å². The van der Waals surface area contributed by atoms with Gasteiger partial charge in [-0.05, 0) is 54.8 Å². The molecule has 1 saturated heterocycles. The molecule has 1 N–H and O–H groups in total. The maximum atomic E-state index is 13.1. The zero-order chi connectivity index (χ0) is 23.8. The number of barbiturate groups is 1. The van der Waals surface area contributed by atoms with Gasteiger partial charge in [0, 0.05) is 5.02 Å². The molecule has 7 heteroatoms. The first kappa shape index (κ1) is 24.5. The highest BCUT2D eigenvalue weighted by Crippen LogP contribution is 2.29. The SMILES string of the molecule is CCCCCCCCOc1ccc(/C=C2/C(=O)NC(=O)N(c3cccc(Cl)c3C)C2=O)cc1. The first-order valence-corrected chi connectivity index (χ1v) is 11.7. The number of rotatable bonds is 10. The third kappa shape index (κ3) is 6.23. The highest BCUT2D eigenvalue weighted by molar-refractivity contribution is 6.39. The number of hydrogen-bond acceptors (Lipinski definition) is 4. The van der Waals surface area contributed by atoms with Gasteiger partial charge in [0.2, 0.25) is 0 Å². The average molecular weight is 469 g/mol. The standard InChI is InChI=1S/C26H29ClN2O4/c1-3-4-5-6-7-8-16-33-20-14-12-19(13-15-20)17-21-24(30)28-26(32)29(25(21)31)23-11-9-10-22(27)18(23)2/h9-15,17H,3-8,16H2,1-2H3,(H,28,30,32)/b21-17-. The van der Waals surface area contributed by atoms with E-state index in [-0.39, 0.29) is 5.57 Å². The second-order valence-corrected chi connectivity index (χ2v) is 8.43. The van der Waals surface area contributed by atoms with Crippen molar-refractivity contribution in [3.05, 3.63) is 64.2 Å². The summed E-state index contributed by atoms with van der Waals surface area (Å²) in [5.41, 5.74) is 1.43. The van der Waals surface area contributed by atoms with Crippen LogP contribution in [0.1, 0.15) is 56.6 Å². The van der Waals surface area contributed by atoms with Crippen molar-refractivity contribution < 1.29 is 19.1 Å². The van der Waals surface area contributed by atoms with Crippen molar-refractivity contribution in [2.75, 3.05) is 11.5 Å². The van der Waals surface area contributed by atoms with Crippen LogP contribution in [0, 0.1) is 6.92 Å². The number of anilines is 1. The first-order valence-electron chi connectivity index (χ1n) is 11.3. The highest BCUT2D eigenvalue weighted by Gasteiger charge is 2.37. The summed E-state index contributed by atoms with van der Waals surface area (Å²) >= 11 is 6.15. The Morgan fingerprint density at radius 2 is 1.67 bits per heavy atom. The normalized spacial score (nSPS) is 15.2. The quantitative estimate of drug-likeness (QED) is 0.261. The number of urea groups is 1. The minimum absolute atomic E-state index is 0.130. The van der Waals surface area contributed by atoms with Gasteiger partial charge in [0.1, 0.15) is 11.3 Å². The van der Waals surface area contributed by atoms with E-state index in [1.54, 1.807) is 49.4 Å². The number of ether oxygens (including phenoxy) is 1. The Labute approximate surface area is 199 Å². The van der Waals surface area contributed by atoms with Crippen LogP contribution in [0.15, 0.2) is 48.0 Å². The van der Waals surface area contributed by atoms with Crippen molar-refractivity contribution >= 4 is 41.2 Å². The molecule has 1 aliphatic rings. The predicted octanol–water partition coefficient (Wildman–Crippen LogP) is 6.05. The second-order valence-electron chi connectivity index (χ2n) is 8.03. The number of nitrogens with one attached hydrogen (secondary N) is 1. The van der Waals surface area contributed by atoms with Crippen molar-refractivity contribution in [1.82, 2.24) is 5.32 Å². The maximum Gasteiger partial charge on any atom is 0.335 e. The van der Waals surface area contributed by atoms with Gasteiger partial charge in [-0.1, -0.05) is 68.8 Å². The van der Waals surface area contributed by atoms with Gasteiger partial charge in [-0.2, -0.15) is 0 Å². The summed E-state index contributed by atoms with van der Waals surface area (Å²) in [5.74, 6) is -0.696. The molecule has 4 amide bonds. The van der Waals surface area contributed by atoms with E-state index in [1.807, 2.05) is 0 Å². The minimum Gasteiger partial charge on any atom is -0.494 e. The molecule has 0 saturated carbocycles. The van der Waals surface area contributed by atoms with Crippen LogP contribution in [0.5, 0.6) is 5.75 Å². The molecular weight excluding hydrogens is 440 g/mol. The molecule has 0 atom stereocenters. The van der Waals surface area contributed by atoms with Crippen LogP contribution in [0.4, 0.5) is 10.5 Å². The van der Waals surface area contributed by atoms with E-state index >= 15 is 0 Å². The van der Waals surface area contributed by atoms with Gasteiger partial charge in [-0.25, -0.2) is 9.69 Å². The fourth-order valence-corrected chi connectivity index (χ4v) is 3.78. The maximum absolute atomic E-state index is 13.1. The van der Waals surface area contributed by atoms with Crippen LogP contribution in [-0.2, 0) is 9.59 Å². The van der Waals surface area contributed by atoms with E-state index in [0.29, 0.717) is 28.4 Å². The fraction of sp³-hybridized carbons (Fsp3) is 0.346. The number of unbranched alkanes of at least 4 members (excludes halogenated alkanes) is 5. The molecule has 33 heavy (non-hydrogen) atoms. The fourth-order valence-electron chi connectivity index (χ4n) is 3.61. The number of imide groups is 2. The van der Waals surface area contributed by atoms with Gasteiger partial charge in [0.25, 0.3) is 11.8 Å². The van der Waals surface area contributed by atoms with Gasteiger partial charge in [-0.15, -0.1) is 0 Å². The van der Waals surface area contributed by atoms with Crippen molar-refractivity contribution in [1.29, 1.82) is 0 Å². The molecule has 3 rings (SSSR count). The number of carbonyl (C=O) groups is 3. The molecule has 0 spiro atoms. The average Bonchev–Trinajstić information content (AvgIpc) is 2.79. The van der Waals surface area contributed by atoms with Crippen molar-refractivity contribution in [3.8, 4) is 5.75 Å². The van der Waals surface area contributed by atoms with Gasteiger partial charge in [-0.3, -0.25) is 14.9 Å². The second kappa shape index (κ2) is 11.7. The molecule has 2 aromatic rings. The Bertz CT molecular complexity index is 1050. The van der Waals surface area contributed by atoms with Crippen LogP contribution in [-0.4, -0.2) is 24.5 Å². The predicted molar refractivity (Wildman–Crippen MR) is 131 cm³/mol. The topological polar surface area (TPSA) is 75.7 Å². The molecular formula is C26H29ClN2O4. The lowest BCUT2D eigenvalue weighted by atomic mass is 10.1. The molecule has 6 nitrogen and oxygen atoms in total. The largest absolute Gasteiger partial charge is 0.494 e. The number of carbonyl (C=O) groups excluding carboxylic acids is 3. The Kier molecular flexibility index (Phi) is 8.66. The third-order valence-electron chi connectivity index (χ3n) is 5.54. The third-order valence-corrected chi connectivity index (χ3v) is 5.95. The molecule has 0 aliphatic carbocycles. The number of amides is 4. The summed E-state index contributed by atoms with van der Waals surface area (Å²) < 4.78 is 5.78. The van der Waals surface area contributed by atoms with Crippen LogP contribution < -0.4 is 15.0 Å². The highest BCUT2D eigenvalue weighted by atomic mass is 35.5. The molecule has 1 heterocycles. The minimum atomic E-state index is -0.800. The van der Waals surface area contributed by atoms with E-state index in [4.69, 9.17) is 16.3 Å². The molecule has 0 unspecified atom stereocenters. The Balaban J connectivity index is 1.67. The molecule has 0 bridgehead atoms. The van der Waals surface area contributed by atoms with E-state index in [0.717, 1.165) is 23.5 Å². The van der Waals surface area contributed by atoms with E-state index in [2.05, 4.69) is 12.2 Å². The van der Waals surface area contributed by atoms with Crippen molar-refractivity contribution in [2.24, 2.45) is 0 Å². The van der Waals surface area contributed by atoms with E-state index in [1.165, 1.54) is 31.8 Å². The summed E-state index contributed by atoms with van der Waals surface area (Å²) in [6, 6.07) is 11.3. The Morgan fingerprint density at radius 1 is 0.970 bits per heavy atom. The summed E-state index contributed by atoms with van der Waals surface area (Å²) in [6.07, 6.45) is 8.65. The van der Waals surface area contributed by atoms with Crippen molar-refractivity contribution in [3.63, 3.8) is 0 Å². The Morgan fingerprint density at radius 3 is 2.39 bits per heavy atom. The molecule has 2 aromatic carbocycles. The van der Waals surface area contributed by atoms with Gasteiger partial charge >= 0.3 is 6.03 Å². The smallest absolute Gasteiger partial charge is 0.335 e. The zero-order valence-corrected chi connectivity index (χ0v) is 19.8. The van der Waals surface area contributed by atoms with Gasteiger partial charge < -0.3 is 4.74 Å². The zero-order valence-electron chi connectivity index (χ0n) is 19.0. The first-order chi connectivity index (χ1) is 15.9. The molecule has 0 radical (unpaired) electrons. The van der Waals surface area contributed by atoms with Crippen molar-refractivity contribution in [2.45, 2.75) is 52.4 Å². The molecule has 1 fully saturated rings. The van der Waals surface area contributed by atoms with Crippen LogP contribution in [0.25, 0.3) is 6.08 Å². The Hall–Kier alpha value is -3.12. The monoisotopic (exact) mass is 468 g/mol. The lowest BCUT2D eigenvalue weighted by molar-refractivity contribution is -0.122. The summed E-state index contributed by atoms with van der Waals surface area (Å²) in [5, 5.41) is 2.65. The van der Waals surface area contributed by atoms with Gasteiger partial charge in [0.15, 0.2) is 0 Å². The lowest BCUT2D eigenvalue weighted by Crippen LogP contribution is -2.54. The molecule has 0 aromatic heterocycles. The van der Waals surface area contributed by atoms with E-state index < -0.39 is 17.8 Å². The molecule has 1 aliphatic heterocycles. The van der Waals surface area contributed by atoms with Crippen LogP contribution in [0.2, 0.25) is 5.02 Å². The molecule has 174 valence electrons. The van der Waals surface area contributed by atoms with Gasteiger partial charge in [0.05, 0.1) is 12.3 Å². The lowest BCUT2D eigenvalue weighted by Gasteiger charge is -2.27. The summed E-state index contributed by atoms with van der Waals surface area (Å²) in [6.45, 7) is 4.57. The number of benzene rings is 2. The van der Waals surface area contributed by atoms with Crippen LogP contribution in [0.3, 0.4) is 0 Å². The summed E-state index contributed by atoms with van der Waals surface area (Å²) in [7, 11) is 0. The summed E-state index contributed by atoms with van der Waals surface area (Å²) in [4.78, 5) is 38.8. The van der Waals surface area contributed by atoms with Crippen LogP contribution >= 0.6 is 11.6 Å². The number of hydrogen-bond donors (Lipinski definition) is 1. The number of nitrogens with zero attached hydrogens (tertiary/aromatic N) is 1. The number of halogens is 1.